The molecule has 17 heavy (non-hydrogen) atoms. The van der Waals surface area contributed by atoms with Gasteiger partial charge in [-0.2, -0.15) is 0 Å². The first-order chi connectivity index (χ1) is 8.18. The number of rotatable bonds is 7. The molecule has 1 fully saturated rings. The molecule has 0 aromatic rings. The highest BCUT2D eigenvalue weighted by Crippen LogP contribution is 2.12. The van der Waals surface area contributed by atoms with Crippen LogP contribution in [0.4, 0.5) is 0 Å². The van der Waals surface area contributed by atoms with Crippen LogP contribution in [0.1, 0.15) is 65.7 Å². The van der Waals surface area contributed by atoms with Gasteiger partial charge in [-0.25, -0.2) is 0 Å². The van der Waals surface area contributed by atoms with Crippen LogP contribution in [-0.4, -0.2) is 25.2 Å². The van der Waals surface area contributed by atoms with Crippen molar-refractivity contribution in [3.8, 4) is 0 Å². The molecule has 0 spiro atoms. The number of hydrogen-bond donors (Lipinski definition) is 2. The fourth-order valence-corrected chi connectivity index (χ4v) is 2.67. The van der Waals surface area contributed by atoms with Crippen molar-refractivity contribution < 1.29 is 0 Å². The molecule has 2 nitrogen and oxygen atoms in total. The van der Waals surface area contributed by atoms with Crippen LogP contribution in [0.25, 0.3) is 0 Å². The number of nitrogens with one attached hydrogen (secondary N) is 2. The molecule has 0 aliphatic carbocycles. The molecule has 1 aliphatic rings. The molecule has 0 bridgehead atoms. The normalized spacial score (nSPS) is 23.6. The topological polar surface area (TPSA) is 24.1 Å². The summed E-state index contributed by atoms with van der Waals surface area (Å²) in [7, 11) is 0. The van der Waals surface area contributed by atoms with E-state index in [1.165, 1.54) is 58.0 Å². The SMILES string of the molecule is CC(C)CCCNC(C)CC1CCCCCN1. The Morgan fingerprint density at radius 1 is 1.18 bits per heavy atom. The maximum absolute atomic E-state index is 3.68. The van der Waals surface area contributed by atoms with Crippen molar-refractivity contribution in [2.45, 2.75) is 77.8 Å². The zero-order valence-corrected chi connectivity index (χ0v) is 12.1. The molecule has 1 rings (SSSR count). The predicted octanol–water partition coefficient (Wildman–Crippen LogP) is 3.32. The molecule has 1 saturated heterocycles. The molecule has 102 valence electrons. The summed E-state index contributed by atoms with van der Waals surface area (Å²) in [5, 5.41) is 7.35. The molecule has 2 N–H and O–H groups in total. The Morgan fingerprint density at radius 2 is 2.00 bits per heavy atom. The Labute approximate surface area is 108 Å². The highest BCUT2D eigenvalue weighted by molar-refractivity contribution is 4.75. The highest BCUT2D eigenvalue weighted by atomic mass is 14.9. The Kier molecular flexibility index (Phi) is 7.87. The minimum absolute atomic E-state index is 0.665. The summed E-state index contributed by atoms with van der Waals surface area (Å²) >= 11 is 0. The van der Waals surface area contributed by atoms with E-state index in [1.807, 2.05) is 0 Å². The lowest BCUT2D eigenvalue weighted by Gasteiger charge is -2.21. The van der Waals surface area contributed by atoms with Gasteiger partial charge in [0.15, 0.2) is 0 Å². The molecule has 0 amide bonds. The molecule has 0 aromatic carbocycles. The van der Waals surface area contributed by atoms with Gasteiger partial charge in [-0.05, 0) is 58.0 Å². The molecule has 1 heterocycles. The fraction of sp³-hybridized carbons (Fsp3) is 1.00. The van der Waals surface area contributed by atoms with E-state index in [2.05, 4.69) is 31.4 Å². The largest absolute Gasteiger partial charge is 0.314 e. The molecule has 0 radical (unpaired) electrons. The van der Waals surface area contributed by atoms with Crippen LogP contribution < -0.4 is 10.6 Å². The Bertz CT molecular complexity index is 172. The first-order valence-electron chi connectivity index (χ1n) is 7.65. The van der Waals surface area contributed by atoms with Crippen LogP contribution in [0.15, 0.2) is 0 Å². The third-order valence-electron chi connectivity index (χ3n) is 3.75. The van der Waals surface area contributed by atoms with Crippen LogP contribution >= 0.6 is 0 Å². The minimum atomic E-state index is 0.665. The summed E-state index contributed by atoms with van der Waals surface area (Å²) < 4.78 is 0. The summed E-state index contributed by atoms with van der Waals surface area (Å²) in [5.74, 6) is 0.843. The van der Waals surface area contributed by atoms with Crippen molar-refractivity contribution in [1.29, 1.82) is 0 Å². The van der Waals surface area contributed by atoms with Crippen molar-refractivity contribution in [2.75, 3.05) is 13.1 Å². The van der Waals surface area contributed by atoms with Crippen molar-refractivity contribution in [3.63, 3.8) is 0 Å². The summed E-state index contributed by atoms with van der Waals surface area (Å²) in [4.78, 5) is 0. The van der Waals surface area contributed by atoms with Gasteiger partial charge in [-0.1, -0.05) is 26.7 Å². The zero-order chi connectivity index (χ0) is 12.5. The predicted molar refractivity (Wildman–Crippen MR) is 76.4 cm³/mol. The lowest BCUT2D eigenvalue weighted by atomic mass is 10.0. The molecule has 0 saturated carbocycles. The van der Waals surface area contributed by atoms with Crippen molar-refractivity contribution in [2.24, 2.45) is 5.92 Å². The third-order valence-corrected chi connectivity index (χ3v) is 3.75. The van der Waals surface area contributed by atoms with Gasteiger partial charge in [0.05, 0.1) is 0 Å². The molecule has 2 atom stereocenters. The van der Waals surface area contributed by atoms with E-state index in [1.54, 1.807) is 0 Å². The van der Waals surface area contributed by atoms with Gasteiger partial charge in [0.25, 0.3) is 0 Å². The van der Waals surface area contributed by atoms with E-state index in [4.69, 9.17) is 0 Å². The van der Waals surface area contributed by atoms with Gasteiger partial charge in [-0.15, -0.1) is 0 Å². The lowest BCUT2D eigenvalue weighted by molar-refractivity contribution is 0.396. The van der Waals surface area contributed by atoms with Gasteiger partial charge in [0.2, 0.25) is 0 Å². The number of hydrogen-bond acceptors (Lipinski definition) is 2. The maximum Gasteiger partial charge on any atom is 0.00817 e. The molecule has 2 heteroatoms. The Morgan fingerprint density at radius 3 is 2.76 bits per heavy atom. The summed E-state index contributed by atoms with van der Waals surface area (Å²) in [6.45, 7) is 9.36. The summed E-state index contributed by atoms with van der Waals surface area (Å²) in [6, 6.07) is 1.42. The van der Waals surface area contributed by atoms with E-state index in [9.17, 15) is 0 Å². The van der Waals surface area contributed by atoms with Crippen molar-refractivity contribution in [1.82, 2.24) is 10.6 Å². The highest BCUT2D eigenvalue weighted by Gasteiger charge is 2.14. The fourth-order valence-electron chi connectivity index (χ4n) is 2.67. The standard InChI is InChI=1S/C15H32N2/c1-13(2)8-7-11-16-14(3)12-15-9-5-4-6-10-17-15/h13-17H,4-12H2,1-3H3. The lowest BCUT2D eigenvalue weighted by Crippen LogP contribution is -2.37. The second-order valence-electron chi connectivity index (χ2n) is 6.13. The van der Waals surface area contributed by atoms with E-state index in [-0.39, 0.29) is 0 Å². The van der Waals surface area contributed by atoms with Crippen LogP contribution in [0.2, 0.25) is 0 Å². The van der Waals surface area contributed by atoms with Gasteiger partial charge in [0.1, 0.15) is 0 Å². The van der Waals surface area contributed by atoms with Gasteiger partial charge in [0, 0.05) is 12.1 Å². The zero-order valence-electron chi connectivity index (χ0n) is 12.1. The molecule has 2 unspecified atom stereocenters. The Hall–Kier alpha value is -0.0800. The smallest absolute Gasteiger partial charge is 0.00817 e. The first-order valence-corrected chi connectivity index (χ1v) is 7.65. The summed E-state index contributed by atoms with van der Waals surface area (Å²) in [6.07, 6.45) is 9.53. The van der Waals surface area contributed by atoms with Crippen LogP contribution in [-0.2, 0) is 0 Å². The Balaban J connectivity index is 2.04. The second-order valence-corrected chi connectivity index (χ2v) is 6.13. The van der Waals surface area contributed by atoms with E-state index < -0.39 is 0 Å². The van der Waals surface area contributed by atoms with Crippen molar-refractivity contribution in [3.05, 3.63) is 0 Å². The van der Waals surface area contributed by atoms with E-state index in [0.29, 0.717) is 6.04 Å². The van der Waals surface area contributed by atoms with Crippen LogP contribution in [0, 0.1) is 5.92 Å². The average Bonchev–Trinajstić information content (AvgIpc) is 2.53. The van der Waals surface area contributed by atoms with Crippen LogP contribution in [0.3, 0.4) is 0 Å². The van der Waals surface area contributed by atoms with E-state index in [0.717, 1.165) is 12.0 Å². The van der Waals surface area contributed by atoms with E-state index >= 15 is 0 Å². The van der Waals surface area contributed by atoms with Gasteiger partial charge < -0.3 is 10.6 Å². The monoisotopic (exact) mass is 240 g/mol. The first kappa shape index (κ1) is 15.0. The second kappa shape index (κ2) is 8.93. The van der Waals surface area contributed by atoms with Crippen LogP contribution in [0.5, 0.6) is 0 Å². The third kappa shape index (κ3) is 7.77. The molecule has 0 aromatic heterocycles. The average molecular weight is 240 g/mol. The molecular formula is C15H32N2. The van der Waals surface area contributed by atoms with Gasteiger partial charge >= 0.3 is 0 Å². The maximum atomic E-state index is 3.68. The quantitative estimate of drug-likeness (QED) is 0.667. The molecule has 1 aliphatic heterocycles. The minimum Gasteiger partial charge on any atom is -0.314 e. The molecular weight excluding hydrogens is 208 g/mol. The van der Waals surface area contributed by atoms with Crippen molar-refractivity contribution >= 4 is 0 Å². The summed E-state index contributed by atoms with van der Waals surface area (Å²) in [5.41, 5.74) is 0. The van der Waals surface area contributed by atoms with Gasteiger partial charge in [-0.3, -0.25) is 0 Å².